The number of nitrogens with two attached hydrogens (primary N) is 1. The van der Waals surface area contributed by atoms with Crippen molar-refractivity contribution in [2.24, 2.45) is 0 Å². The van der Waals surface area contributed by atoms with Gasteiger partial charge in [0, 0.05) is 5.56 Å². The van der Waals surface area contributed by atoms with Crippen molar-refractivity contribution in [1.29, 1.82) is 0 Å². The van der Waals surface area contributed by atoms with Gasteiger partial charge in [-0.15, -0.1) is 5.10 Å². The molecule has 0 aliphatic heterocycles. The van der Waals surface area contributed by atoms with Crippen LogP contribution in [0.3, 0.4) is 0 Å². The molecular formula is C15H14ClN5. The molecule has 0 saturated heterocycles. The third-order valence-corrected chi connectivity index (χ3v) is 3.65. The van der Waals surface area contributed by atoms with Crippen LogP contribution < -0.4 is 5.73 Å². The lowest BCUT2D eigenvalue weighted by atomic mass is 10.1. The highest BCUT2D eigenvalue weighted by molar-refractivity contribution is 6.33. The molecule has 0 amide bonds. The van der Waals surface area contributed by atoms with Crippen LogP contribution in [0.4, 0.5) is 5.69 Å². The minimum absolute atomic E-state index is 0.489. The molecule has 6 heteroatoms. The first-order valence-electron chi connectivity index (χ1n) is 6.47. The van der Waals surface area contributed by atoms with Gasteiger partial charge in [-0.1, -0.05) is 23.7 Å². The van der Waals surface area contributed by atoms with Crippen LogP contribution in [0, 0.1) is 13.8 Å². The average Bonchev–Trinajstić information content (AvgIpc) is 2.93. The summed E-state index contributed by atoms with van der Waals surface area (Å²) in [5, 5.41) is 12.5. The zero-order valence-electron chi connectivity index (χ0n) is 11.7. The van der Waals surface area contributed by atoms with Gasteiger partial charge in [-0.3, -0.25) is 0 Å². The number of nitrogens with zero attached hydrogens (tertiary/aromatic N) is 4. The number of rotatable bonds is 2. The van der Waals surface area contributed by atoms with Crippen LogP contribution in [-0.4, -0.2) is 20.2 Å². The van der Waals surface area contributed by atoms with E-state index in [0.717, 1.165) is 22.4 Å². The van der Waals surface area contributed by atoms with Crippen LogP contribution in [0.1, 0.15) is 11.1 Å². The summed E-state index contributed by atoms with van der Waals surface area (Å²) in [6.45, 7) is 4.06. The number of benzene rings is 2. The van der Waals surface area contributed by atoms with Crippen LogP contribution in [0.25, 0.3) is 17.1 Å². The second kappa shape index (κ2) is 5.18. The summed E-state index contributed by atoms with van der Waals surface area (Å²) in [4.78, 5) is 0. The molecule has 0 bridgehead atoms. The lowest BCUT2D eigenvalue weighted by Crippen LogP contribution is -2.02. The molecule has 0 saturated carbocycles. The van der Waals surface area contributed by atoms with E-state index in [1.165, 1.54) is 0 Å². The van der Waals surface area contributed by atoms with E-state index in [1.807, 2.05) is 32.0 Å². The zero-order chi connectivity index (χ0) is 15.0. The third-order valence-electron chi connectivity index (χ3n) is 3.32. The number of tetrazole rings is 1. The Morgan fingerprint density at radius 1 is 1.10 bits per heavy atom. The zero-order valence-corrected chi connectivity index (χ0v) is 12.5. The molecule has 2 aromatic carbocycles. The molecule has 5 nitrogen and oxygen atoms in total. The molecule has 21 heavy (non-hydrogen) atoms. The monoisotopic (exact) mass is 299 g/mol. The molecule has 0 atom stereocenters. The first-order valence-corrected chi connectivity index (χ1v) is 6.85. The summed E-state index contributed by atoms with van der Waals surface area (Å²) in [7, 11) is 0. The molecule has 3 aromatic rings. The van der Waals surface area contributed by atoms with Gasteiger partial charge in [-0.25, -0.2) is 0 Å². The molecule has 0 fully saturated rings. The number of halogens is 1. The van der Waals surface area contributed by atoms with Crippen molar-refractivity contribution in [2.45, 2.75) is 13.8 Å². The molecule has 0 spiro atoms. The Morgan fingerprint density at radius 3 is 2.67 bits per heavy atom. The summed E-state index contributed by atoms with van der Waals surface area (Å²) in [5.74, 6) is 0.630. The molecule has 3 rings (SSSR count). The predicted molar refractivity (Wildman–Crippen MR) is 83.5 cm³/mol. The average molecular weight is 300 g/mol. The van der Waals surface area contributed by atoms with Gasteiger partial charge >= 0.3 is 0 Å². The molecule has 1 aromatic heterocycles. The lowest BCUT2D eigenvalue weighted by Gasteiger charge is -2.09. The smallest absolute Gasteiger partial charge is 0.187 e. The third kappa shape index (κ3) is 2.48. The van der Waals surface area contributed by atoms with Gasteiger partial charge in [0.2, 0.25) is 0 Å². The Kier molecular flexibility index (Phi) is 3.35. The van der Waals surface area contributed by atoms with Gasteiger partial charge in [-0.2, -0.15) is 4.68 Å². The topological polar surface area (TPSA) is 69.6 Å². The number of hydrogen-bond donors (Lipinski definition) is 1. The van der Waals surface area contributed by atoms with Gasteiger partial charge < -0.3 is 5.73 Å². The van der Waals surface area contributed by atoms with Crippen LogP contribution in [0.5, 0.6) is 0 Å². The molecule has 2 N–H and O–H groups in total. The molecule has 0 unspecified atom stereocenters. The summed E-state index contributed by atoms with van der Waals surface area (Å²) in [6, 6.07) is 11.5. The highest BCUT2D eigenvalue weighted by atomic mass is 35.5. The number of aromatic nitrogens is 4. The summed E-state index contributed by atoms with van der Waals surface area (Å²) in [5.41, 5.74) is 10.3. The van der Waals surface area contributed by atoms with Crippen molar-refractivity contribution in [3.05, 3.63) is 52.5 Å². The Bertz CT molecular complexity index is 810. The Balaban J connectivity index is 2.17. The van der Waals surface area contributed by atoms with Crippen molar-refractivity contribution in [1.82, 2.24) is 20.2 Å². The van der Waals surface area contributed by atoms with Gasteiger partial charge in [0.15, 0.2) is 5.82 Å². The predicted octanol–water partition coefficient (Wildman–Crippen LogP) is 3.18. The first-order chi connectivity index (χ1) is 10.1. The summed E-state index contributed by atoms with van der Waals surface area (Å²) in [6.07, 6.45) is 0. The number of aryl methyl sites for hydroxylation is 2. The SMILES string of the molecule is Cc1ccc(C)c(-n2nnnc2-c2ccc(N)c(Cl)c2)c1. The van der Waals surface area contributed by atoms with Crippen LogP contribution >= 0.6 is 11.6 Å². The van der Waals surface area contributed by atoms with E-state index in [2.05, 4.69) is 21.6 Å². The molecule has 0 aliphatic rings. The van der Waals surface area contributed by atoms with Crippen molar-refractivity contribution in [3.8, 4) is 17.1 Å². The van der Waals surface area contributed by atoms with E-state index in [9.17, 15) is 0 Å². The molecule has 106 valence electrons. The summed E-state index contributed by atoms with van der Waals surface area (Å²) >= 11 is 6.08. The van der Waals surface area contributed by atoms with E-state index in [4.69, 9.17) is 17.3 Å². The fourth-order valence-electron chi connectivity index (χ4n) is 2.14. The molecule has 0 aliphatic carbocycles. The lowest BCUT2D eigenvalue weighted by molar-refractivity contribution is 0.787. The Labute approximate surface area is 127 Å². The highest BCUT2D eigenvalue weighted by Crippen LogP contribution is 2.27. The van der Waals surface area contributed by atoms with E-state index >= 15 is 0 Å². The van der Waals surface area contributed by atoms with E-state index in [-0.39, 0.29) is 0 Å². The van der Waals surface area contributed by atoms with E-state index < -0.39 is 0 Å². The van der Waals surface area contributed by atoms with Crippen molar-refractivity contribution in [3.63, 3.8) is 0 Å². The van der Waals surface area contributed by atoms with Crippen LogP contribution in [-0.2, 0) is 0 Å². The maximum absolute atomic E-state index is 6.08. The van der Waals surface area contributed by atoms with Gasteiger partial charge in [0.05, 0.1) is 16.4 Å². The van der Waals surface area contributed by atoms with Crippen molar-refractivity contribution < 1.29 is 0 Å². The summed E-state index contributed by atoms with van der Waals surface area (Å²) < 4.78 is 1.71. The largest absolute Gasteiger partial charge is 0.398 e. The normalized spacial score (nSPS) is 10.8. The number of nitrogen functional groups attached to an aromatic ring is 1. The fraction of sp³-hybridized carbons (Fsp3) is 0.133. The molecule has 1 heterocycles. The maximum atomic E-state index is 6.08. The van der Waals surface area contributed by atoms with Gasteiger partial charge in [0.1, 0.15) is 0 Å². The van der Waals surface area contributed by atoms with E-state index in [1.54, 1.807) is 16.8 Å². The minimum Gasteiger partial charge on any atom is -0.398 e. The van der Waals surface area contributed by atoms with Crippen molar-refractivity contribution >= 4 is 17.3 Å². The van der Waals surface area contributed by atoms with E-state index in [0.29, 0.717) is 16.5 Å². The second-order valence-corrected chi connectivity index (χ2v) is 5.35. The van der Waals surface area contributed by atoms with Crippen LogP contribution in [0.15, 0.2) is 36.4 Å². The standard InChI is InChI=1S/C15H14ClN5/c1-9-3-4-10(2)14(7-9)21-15(18-19-20-21)11-5-6-13(17)12(16)8-11/h3-8H,17H2,1-2H3. The fourth-order valence-corrected chi connectivity index (χ4v) is 2.32. The van der Waals surface area contributed by atoms with Crippen molar-refractivity contribution in [2.75, 3.05) is 5.73 Å². The van der Waals surface area contributed by atoms with Crippen LogP contribution in [0.2, 0.25) is 5.02 Å². The second-order valence-electron chi connectivity index (χ2n) is 4.94. The quantitative estimate of drug-likeness (QED) is 0.738. The maximum Gasteiger partial charge on any atom is 0.187 e. The number of hydrogen-bond acceptors (Lipinski definition) is 4. The van der Waals surface area contributed by atoms with Gasteiger partial charge in [0.25, 0.3) is 0 Å². The molecule has 0 radical (unpaired) electrons. The number of anilines is 1. The van der Waals surface area contributed by atoms with Gasteiger partial charge in [-0.05, 0) is 59.7 Å². The first kappa shape index (κ1) is 13.6. The molecular weight excluding hydrogens is 286 g/mol. The Morgan fingerprint density at radius 2 is 1.90 bits per heavy atom. The highest BCUT2D eigenvalue weighted by Gasteiger charge is 2.13. The Hall–Kier alpha value is -2.40. The minimum atomic E-state index is 0.489.